The summed E-state index contributed by atoms with van der Waals surface area (Å²) in [6.45, 7) is 6.04. The van der Waals surface area contributed by atoms with Crippen LogP contribution in [0.5, 0.6) is 5.75 Å². The normalized spacial score (nSPS) is 23.2. The third-order valence-corrected chi connectivity index (χ3v) is 5.64. The molecule has 0 saturated carbocycles. The molecule has 0 spiro atoms. The molecule has 1 amide bonds. The summed E-state index contributed by atoms with van der Waals surface area (Å²) >= 11 is 0. The van der Waals surface area contributed by atoms with E-state index < -0.39 is 15.4 Å². The highest BCUT2D eigenvalue weighted by atomic mass is 32.2. The molecular weight excluding hydrogens is 302 g/mol. The Morgan fingerprint density at radius 2 is 1.91 bits per heavy atom. The van der Waals surface area contributed by atoms with Crippen LogP contribution < -0.4 is 10.1 Å². The Bertz CT molecular complexity index is 648. The fraction of sp³-hybridized carbons (Fsp3) is 0.562. The van der Waals surface area contributed by atoms with Crippen LogP contribution in [0.15, 0.2) is 18.2 Å². The predicted molar refractivity (Wildman–Crippen MR) is 85.8 cm³/mol. The zero-order valence-corrected chi connectivity index (χ0v) is 14.1. The van der Waals surface area contributed by atoms with Gasteiger partial charge in [-0.15, -0.1) is 0 Å². The molecule has 22 heavy (non-hydrogen) atoms. The molecule has 0 aliphatic carbocycles. The van der Waals surface area contributed by atoms with E-state index in [9.17, 15) is 13.2 Å². The number of hydrogen-bond donors (Lipinski definition) is 1. The number of carbonyl (C=O) groups excluding carboxylic acids is 1. The quantitative estimate of drug-likeness (QED) is 0.895. The molecule has 1 saturated heterocycles. The van der Waals surface area contributed by atoms with E-state index in [4.69, 9.17) is 4.74 Å². The maximum absolute atomic E-state index is 12.0. The standard InChI is InChI=1S/C16H23NO4S/c1-12-8-13(2)10-14(9-12)21-6-4-15(18)17-16(3)5-7-22(19,20)11-16/h8-10H,4-7,11H2,1-3H3,(H,17,18)/t16-/m1/s1. The highest BCUT2D eigenvalue weighted by Gasteiger charge is 2.39. The molecule has 1 heterocycles. The van der Waals surface area contributed by atoms with Crippen LogP contribution in [0.25, 0.3) is 0 Å². The van der Waals surface area contributed by atoms with E-state index in [0.29, 0.717) is 6.42 Å². The third-order valence-electron chi connectivity index (χ3n) is 3.74. The van der Waals surface area contributed by atoms with Crippen LogP contribution in [0.4, 0.5) is 0 Å². The highest BCUT2D eigenvalue weighted by molar-refractivity contribution is 7.91. The van der Waals surface area contributed by atoms with Gasteiger partial charge in [0, 0.05) is 0 Å². The molecule has 1 fully saturated rings. The second-order valence-corrected chi connectivity index (χ2v) is 8.56. The number of hydrogen-bond acceptors (Lipinski definition) is 4. The Morgan fingerprint density at radius 1 is 1.27 bits per heavy atom. The Labute approximate surface area is 132 Å². The first kappa shape index (κ1) is 16.8. The van der Waals surface area contributed by atoms with Crippen LogP contribution in [0, 0.1) is 13.8 Å². The molecule has 0 unspecified atom stereocenters. The Kier molecular flexibility index (Phi) is 4.80. The molecule has 1 aliphatic rings. The number of benzene rings is 1. The second kappa shape index (κ2) is 6.28. The van der Waals surface area contributed by atoms with Gasteiger partial charge in [0.1, 0.15) is 5.75 Å². The zero-order valence-electron chi connectivity index (χ0n) is 13.3. The van der Waals surface area contributed by atoms with Crippen molar-refractivity contribution in [2.24, 2.45) is 0 Å². The molecular formula is C16H23NO4S. The van der Waals surface area contributed by atoms with Crippen LogP contribution in [-0.4, -0.2) is 38.0 Å². The van der Waals surface area contributed by atoms with E-state index in [1.54, 1.807) is 6.92 Å². The van der Waals surface area contributed by atoms with Gasteiger partial charge in [-0.25, -0.2) is 8.42 Å². The molecule has 0 bridgehead atoms. The lowest BCUT2D eigenvalue weighted by Gasteiger charge is -2.23. The van der Waals surface area contributed by atoms with Gasteiger partial charge in [0.2, 0.25) is 5.91 Å². The van der Waals surface area contributed by atoms with Crippen molar-refractivity contribution in [3.8, 4) is 5.75 Å². The number of aryl methyl sites for hydroxylation is 2. The van der Waals surface area contributed by atoms with Crippen LogP contribution in [0.3, 0.4) is 0 Å². The summed E-state index contributed by atoms with van der Waals surface area (Å²) in [6.07, 6.45) is 0.682. The average molecular weight is 325 g/mol. The molecule has 5 nitrogen and oxygen atoms in total. The van der Waals surface area contributed by atoms with E-state index in [1.165, 1.54) is 0 Å². The highest BCUT2D eigenvalue weighted by Crippen LogP contribution is 2.23. The van der Waals surface area contributed by atoms with Gasteiger partial charge in [-0.2, -0.15) is 0 Å². The number of nitrogens with one attached hydrogen (secondary N) is 1. The summed E-state index contributed by atoms with van der Waals surface area (Å²) in [5.41, 5.74) is 1.58. The van der Waals surface area contributed by atoms with Crippen molar-refractivity contribution in [2.75, 3.05) is 18.1 Å². The maximum atomic E-state index is 12.0. The largest absolute Gasteiger partial charge is 0.493 e. The SMILES string of the molecule is Cc1cc(C)cc(OCCC(=O)N[C@]2(C)CCS(=O)(=O)C2)c1. The van der Waals surface area contributed by atoms with Gasteiger partial charge in [-0.05, 0) is 50.5 Å². The summed E-state index contributed by atoms with van der Waals surface area (Å²) < 4.78 is 28.6. The summed E-state index contributed by atoms with van der Waals surface area (Å²) in [5, 5.41) is 2.82. The van der Waals surface area contributed by atoms with Gasteiger partial charge < -0.3 is 10.1 Å². The molecule has 122 valence electrons. The number of carbonyl (C=O) groups is 1. The fourth-order valence-corrected chi connectivity index (χ4v) is 4.88. The molecule has 6 heteroatoms. The Hall–Kier alpha value is -1.56. The molecule has 1 aliphatic heterocycles. The lowest BCUT2D eigenvalue weighted by Crippen LogP contribution is -2.47. The van der Waals surface area contributed by atoms with Gasteiger partial charge in [0.05, 0.1) is 30.1 Å². The topological polar surface area (TPSA) is 72.5 Å². The van der Waals surface area contributed by atoms with E-state index in [0.717, 1.165) is 16.9 Å². The third kappa shape index (κ3) is 4.73. The van der Waals surface area contributed by atoms with Crippen molar-refractivity contribution in [1.82, 2.24) is 5.32 Å². The first-order valence-electron chi connectivity index (χ1n) is 7.40. The fourth-order valence-electron chi connectivity index (χ4n) is 2.79. The van der Waals surface area contributed by atoms with Crippen molar-refractivity contribution in [2.45, 2.75) is 39.2 Å². The van der Waals surface area contributed by atoms with Crippen LogP contribution in [0.2, 0.25) is 0 Å². The Balaban J connectivity index is 1.81. The van der Waals surface area contributed by atoms with Crippen LogP contribution >= 0.6 is 0 Å². The molecule has 0 radical (unpaired) electrons. The predicted octanol–water partition coefficient (Wildman–Crippen LogP) is 1.77. The summed E-state index contributed by atoms with van der Waals surface area (Å²) in [5.74, 6) is 0.732. The lowest BCUT2D eigenvalue weighted by atomic mass is 10.0. The monoisotopic (exact) mass is 325 g/mol. The van der Waals surface area contributed by atoms with Gasteiger partial charge in [-0.3, -0.25) is 4.79 Å². The minimum atomic E-state index is -3.02. The van der Waals surface area contributed by atoms with Gasteiger partial charge in [-0.1, -0.05) is 6.07 Å². The summed E-state index contributed by atoms with van der Waals surface area (Å²) in [7, 11) is -3.02. The molecule has 1 N–H and O–H groups in total. The van der Waals surface area contributed by atoms with Crippen molar-refractivity contribution < 1.29 is 17.9 Å². The molecule has 1 aromatic rings. The molecule has 0 aromatic heterocycles. The van der Waals surface area contributed by atoms with Crippen molar-refractivity contribution >= 4 is 15.7 Å². The van der Waals surface area contributed by atoms with Gasteiger partial charge >= 0.3 is 0 Å². The van der Waals surface area contributed by atoms with E-state index in [-0.39, 0.29) is 30.4 Å². The van der Waals surface area contributed by atoms with Crippen molar-refractivity contribution in [1.29, 1.82) is 0 Å². The van der Waals surface area contributed by atoms with E-state index in [2.05, 4.69) is 11.4 Å². The van der Waals surface area contributed by atoms with E-state index >= 15 is 0 Å². The number of amides is 1. The number of rotatable bonds is 5. The number of ether oxygens (including phenoxy) is 1. The molecule has 2 rings (SSSR count). The smallest absolute Gasteiger partial charge is 0.223 e. The van der Waals surface area contributed by atoms with Crippen LogP contribution in [-0.2, 0) is 14.6 Å². The van der Waals surface area contributed by atoms with Crippen molar-refractivity contribution in [3.05, 3.63) is 29.3 Å². The average Bonchev–Trinajstić information content (AvgIpc) is 2.61. The second-order valence-electron chi connectivity index (χ2n) is 6.37. The zero-order chi connectivity index (χ0) is 16.4. The lowest BCUT2D eigenvalue weighted by molar-refractivity contribution is -0.123. The van der Waals surface area contributed by atoms with Crippen molar-refractivity contribution in [3.63, 3.8) is 0 Å². The Morgan fingerprint density at radius 3 is 2.45 bits per heavy atom. The maximum Gasteiger partial charge on any atom is 0.223 e. The molecule has 1 aromatic carbocycles. The van der Waals surface area contributed by atoms with Gasteiger partial charge in [0.25, 0.3) is 0 Å². The molecule has 1 atom stereocenters. The van der Waals surface area contributed by atoms with E-state index in [1.807, 2.05) is 26.0 Å². The summed E-state index contributed by atoms with van der Waals surface area (Å²) in [6, 6.07) is 5.91. The number of sulfone groups is 1. The first-order valence-corrected chi connectivity index (χ1v) is 9.22. The van der Waals surface area contributed by atoms with Gasteiger partial charge in [0.15, 0.2) is 9.84 Å². The van der Waals surface area contributed by atoms with Crippen LogP contribution in [0.1, 0.15) is 30.9 Å². The summed E-state index contributed by atoms with van der Waals surface area (Å²) in [4.78, 5) is 12.0. The minimum Gasteiger partial charge on any atom is -0.493 e. The first-order chi connectivity index (χ1) is 10.2. The minimum absolute atomic E-state index is 0.0175.